The zero-order valence-corrected chi connectivity index (χ0v) is 9.68. The van der Waals surface area contributed by atoms with Crippen LogP contribution in [-0.2, 0) is 0 Å². The Hall–Kier alpha value is -1.88. The zero-order valence-electron chi connectivity index (χ0n) is 8.93. The van der Waals surface area contributed by atoms with Gasteiger partial charge in [0.05, 0.1) is 4.92 Å². The van der Waals surface area contributed by atoms with Gasteiger partial charge in [0.2, 0.25) is 0 Å². The van der Waals surface area contributed by atoms with Crippen LogP contribution in [0.1, 0.15) is 10.4 Å². The van der Waals surface area contributed by atoms with Gasteiger partial charge in [-0.1, -0.05) is 12.2 Å². The highest BCUT2D eigenvalue weighted by Crippen LogP contribution is 2.11. The van der Waals surface area contributed by atoms with Crippen LogP contribution >= 0.6 is 11.6 Å². The molecule has 0 atom stereocenters. The molecule has 17 heavy (non-hydrogen) atoms. The van der Waals surface area contributed by atoms with Crippen LogP contribution in [0.25, 0.3) is 0 Å². The van der Waals surface area contributed by atoms with E-state index in [0.29, 0.717) is 18.0 Å². The van der Waals surface area contributed by atoms with Crippen molar-refractivity contribution in [2.75, 3.05) is 12.4 Å². The molecule has 0 aromatic heterocycles. The predicted octanol–water partition coefficient (Wildman–Crippen LogP) is 2.12. The SMILES string of the molecule is O=C(NC/C=C/CCl)c1ccc([N+](=O)[O-])cc1. The maximum absolute atomic E-state index is 11.5. The summed E-state index contributed by atoms with van der Waals surface area (Å²) in [6.45, 7) is 0.378. The van der Waals surface area contributed by atoms with E-state index in [0.717, 1.165) is 0 Å². The first-order valence-electron chi connectivity index (χ1n) is 4.88. The monoisotopic (exact) mass is 254 g/mol. The first kappa shape index (κ1) is 13.2. The second kappa shape index (κ2) is 6.65. The van der Waals surface area contributed by atoms with E-state index in [2.05, 4.69) is 5.32 Å². The number of nitrogens with one attached hydrogen (secondary N) is 1. The maximum atomic E-state index is 11.5. The van der Waals surface area contributed by atoms with Crippen molar-refractivity contribution in [1.82, 2.24) is 5.32 Å². The minimum absolute atomic E-state index is 0.0383. The number of nitro benzene ring substituents is 1. The summed E-state index contributed by atoms with van der Waals surface area (Å²) in [6, 6.07) is 5.42. The predicted molar refractivity (Wildman–Crippen MR) is 65.3 cm³/mol. The molecule has 0 fully saturated rings. The van der Waals surface area contributed by atoms with E-state index in [4.69, 9.17) is 11.6 Å². The second-order valence-electron chi connectivity index (χ2n) is 3.14. The molecule has 0 saturated heterocycles. The lowest BCUT2D eigenvalue weighted by molar-refractivity contribution is -0.384. The lowest BCUT2D eigenvalue weighted by Crippen LogP contribution is -2.23. The summed E-state index contributed by atoms with van der Waals surface area (Å²) in [4.78, 5) is 21.4. The third-order valence-electron chi connectivity index (χ3n) is 1.98. The van der Waals surface area contributed by atoms with E-state index in [9.17, 15) is 14.9 Å². The topological polar surface area (TPSA) is 72.2 Å². The molecule has 1 rings (SSSR count). The molecule has 0 bridgehead atoms. The molecule has 90 valence electrons. The summed E-state index contributed by atoms with van der Waals surface area (Å²) in [6.07, 6.45) is 3.45. The van der Waals surface area contributed by atoms with Gasteiger partial charge in [-0.15, -0.1) is 11.6 Å². The van der Waals surface area contributed by atoms with E-state index in [1.807, 2.05) is 0 Å². The van der Waals surface area contributed by atoms with Crippen molar-refractivity contribution in [2.24, 2.45) is 0 Å². The second-order valence-corrected chi connectivity index (χ2v) is 3.45. The number of halogens is 1. The Bertz CT molecular complexity index is 429. The number of nitro groups is 1. The van der Waals surface area contributed by atoms with Crippen LogP contribution in [0.2, 0.25) is 0 Å². The molecule has 6 heteroatoms. The maximum Gasteiger partial charge on any atom is 0.269 e. The third-order valence-corrected chi connectivity index (χ3v) is 2.15. The molecule has 1 aromatic carbocycles. The smallest absolute Gasteiger partial charge is 0.269 e. The van der Waals surface area contributed by atoms with Crippen molar-refractivity contribution in [2.45, 2.75) is 0 Å². The van der Waals surface area contributed by atoms with E-state index in [1.54, 1.807) is 12.2 Å². The van der Waals surface area contributed by atoms with Crippen LogP contribution in [0, 0.1) is 10.1 Å². The number of allylic oxidation sites excluding steroid dienone is 1. The summed E-state index contributed by atoms with van der Waals surface area (Å²) in [5.74, 6) is 0.118. The van der Waals surface area contributed by atoms with E-state index < -0.39 is 4.92 Å². The zero-order chi connectivity index (χ0) is 12.7. The van der Waals surface area contributed by atoms with Crippen LogP contribution in [0.3, 0.4) is 0 Å². The average Bonchev–Trinajstić information content (AvgIpc) is 2.34. The Morgan fingerprint density at radius 3 is 2.53 bits per heavy atom. The molecule has 0 aliphatic carbocycles. The normalized spacial score (nSPS) is 10.4. The van der Waals surface area contributed by atoms with Gasteiger partial charge in [0, 0.05) is 30.1 Å². The number of carbonyl (C=O) groups is 1. The third kappa shape index (κ3) is 4.24. The summed E-state index contributed by atoms with van der Waals surface area (Å²) >= 11 is 5.42. The fraction of sp³-hybridized carbons (Fsp3) is 0.182. The fourth-order valence-corrected chi connectivity index (χ4v) is 1.26. The molecule has 5 nitrogen and oxygen atoms in total. The van der Waals surface area contributed by atoms with Gasteiger partial charge in [0.25, 0.3) is 11.6 Å². The molecule has 0 spiro atoms. The number of benzene rings is 1. The number of amides is 1. The number of rotatable bonds is 5. The molecule has 0 aliphatic rings. The average molecular weight is 255 g/mol. The van der Waals surface area contributed by atoms with Crippen LogP contribution < -0.4 is 5.32 Å². The number of alkyl halides is 1. The van der Waals surface area contributed by atoms with E-state index in [1.165, 1.54) is 24.3 Å². The van der Waals surface area contributed by atoms with Crippen molar-refractivity contribution < 1.29 is 9.72 Å². The van der Waals surface area contributed by atoms with Crippen molar-refractivity contribution in [3.63, 3.8) is 0 Å². The summed E-state index contributed by atoms with van der Waals surface area (Å²) in [7, 11) is 0. The molecule has 0 heterocycles. The van der Waals surface area contributed by atoms with Gasteiger partial charge < -0.3 is 5.32 Å². The Balaban J connectivity index is 2.57. The van der Waals surface area contributed by atoms with E-state index in [-0.39, 0.29) is 11.6 Å². The van der Waals surface area contributed by atoms with Crippen LogP contribution in [0.4, 0.5) is 5.69 Å². The van der Waals surface area contributed by atoms with Crippen LogP contribution in [0.5, 0.6) is 0 Å². The van der Waals surface area contributed by atoms with Crippen LogP contribution in [-0.4, -0.2) is 23.3 Å². The number of non-ortho nitro benzene ring substituents is 1. The van der Waals surface area contributed by atoms with Gasteiger partial charge in [-0.05, 0) is 12.1 Å². The largest absolute Gasteiger partial charge is 0.349 e. The highest BCUT2D eigenvalue weighted by molar-refractivity contribution is 6.18. The number of hydrogen-bond donors (Lipinski definition) is 1. The van der Waals surface area contributed by atoms with Crippen molar-refractivity contribution in [3.8, 4) is 0 Å². The standard InChI is InChI=1S/C11H11ClN2O3/c12-7-1-2-8-13-11(15)9-3-5-10(6-4-9)14(16)17/h1-6H,7-8H2,(H,13,15)/b2-1+. The fourth-order valence-electron chi connectivity index (χ4n) is 1.13. The first-order chi connectivity index (χ1) is 8.15. The molecule has 0 saturated carbocycles. The van der Waals surface area contributed by atoms with Gasteiger partial charge in [-0.2, -0.15) is 0 Å². The molecule has 1 N–H and O–H groups in total. The summed E-state index contributed by atoms with van der Waals surface area (Å²) in [5.41, 5.74) is 0.346. The van der Waals surface area contributed by atoms with Gasteiger partial charge in [-0.3, -0.25) is 14.9 Å². The Labute approximate surface area is 103 Å². The summed E-state index contributed by atoms with van der Waals surface area (Å²) in [5, 5.41) is 13.0. The Kier molecular flexibility index (Phi) is 5.16. The molecule has 1 aromatic rings. The Morgan fingerprint density at radius 2 is 2.00 bits per heavy atom. The number of nitrogens with zero attached hydrogens (tertiary/aromatic N) is 1. The molecule has 1 amide bonds. The molecule has 0 aliphatic heterocycles. The molecule has 0 radical (unpaired) electrons. The highest BCUT2D eigenvalue weighted by Gasteiger charge is 2.08. The van der Waals surface area contributed by atoms with Gasteiger partial charge >= 0.3 is 0 Å². The lowest BCUT2D eigenvalue weighted by atomic mass is 10.2. The lowest BCUT2D eigenvalue weighted by Gasteiger charge is -2.01. The highest BCUT2D eigenvalue weighted by atomic mass is 35.5. The van der Waals surface area contributed by atoms with Crippen molar-refractivity contribution in [1.29, 1.82) is 0 Å². The molecule has 0 unspecified atom stereocenters. The first-order valence-corrected chi connectivity index (χ1v) is 5.42. The number of carbonyl (C=O) groups excluding carboxylic acids is 1. The minimum atomic E-state index is -0.509. The van der Waals surface area contributed by atoms with Gasteiger partial charge in [0.15, 0.2) is 0 Å². The van der Waals surface area contributed by atoms with Crippen molar-refractivity contribution >= 4 is 23.2 Å². The minimum Gasteiger partial charge on any atom is -0.349 e. The molecular formula is C11H11ClN2O3. The van der Waals surface area contributed by atoms with E-state index >= 15 is 0 Å². The van der Waals surface area contributed by atoms with Crippen molar-refractivity contribution in [3.05, 3.63) is 52.1 Å². The van der Waals surface area contributed by atoms with Crippen LogP contribution in [0.15, 0.2) is 36.4 Å². The van der Waals surface area contributed by atoms with Gasteiger partial charge in [-0.25, -0.2) is 0 Å². The number of hydrogen-bond acceptors (Lipinski definition) is 3. The Morgan fingerprint density at radius 1 is 1.35 bits per heavy atom. The molecular weight excluding hydrogens is 244 g/mol. The summed E-state index contributed by atoms with van der Waals surface area (Å²) < 4.78 is 0. The van der Waals surface area contributed by atoms with Gasteiger partial charge in [0.1, 0.15) is 0 Å². The quantitative estimate of drug-likeness (QED) is 0.379.